The molecule has 0 radical (unpaired) electrons. The second kappa shape index (κ2) is 8.83. The highest BCUT2D eigenvalue weighted by molar-refractivity contribution is 8.00. The van der Waals surface area contributed by atoms with Gasteiger partial charge in [-0.15, -0.1) is 11.8 Å². The summed E-state index contributed by atoms with van der Waals surface area (Å²) in [6.07, 6.45) is 0. The average Bonchev–Trinajstić information content (AvgIpc) is 3.45. The summed E-state index contributed by atoms with van der Waals surface area (Å²) in [5, 5.41) is 2.80. The molecule has 7 heteroatoms. The molecule has 1 atom stereocenters. The Labute approximate surface area is 196 Å². The van der Waals surface area contributed by atoms with Crippen LogP contribution < -0.4 is 19.7 Å². The Hall–Kier alpha value is -3.45. The third kappa shape index (κ3) is 4.28. The molecule has 1 fully saturated rings. The van der Waals surface area contributed by atoms with Crippen LogP contribution >= 0.6 is 11.8 Å². The molecule has 3 aromatic rings. The summed E-state index contributed by atoms with van der Waals surface area (Å²) in [4.78, 5) is 27.4. The van der Waals surface area contributed by atoms with Gasteiger partial charge in [0.25, 0.3) is 5.91 Å². The standard InChI is InChI=1S/C26H24N2O4S/c1-16(2)17-6-9-21(10-7-17)28-24(29)14-33-26(28)19-4-3-5-20(12-19)27-25(30)18-8-11-22-23(13-18)32-15-31-22/h3-13,16,26H,14-15H2,1-2H3,(H,27,30). The van der Waals surface area contributed by atoms with Crippen molar-refractivity contribution >= 4 is 35.0 Å². The number of benzene rings is 3. The highest BCUT2D eigenvalue weighted by Gasteiger charge is 2.34. The molecule has 0 bridgehead atoms. The molecule has 168 valence electrons. The fraction of sp³-hybridized carbons (Fsp3) is 0.231. The molecule has 1 saturated heterocycles. The number of nitrogens with zero attached hydrogens (tertiary/aromatic N) is 1. The van der Waals surface area contributed by atoms with Crippen LogP contribution in [-0.4, -0.2) is 24.4 Å². The van der Waals surface area contributed by atoms with Gasteiger partial charge in [0, 0.05) is 16.9 Å². The Bertz CT molecular complexity index is 1210. The number of rotatable bonds is 5. The van der Waals surface area contributed by atoms with Crippen LogP contribution in [0, 0.1) is 0 Å². The van der Waals surface area contributed by atoms with E-state index >= 15 is 0 Å². The third-order valence-corrected chi connectivity index (χ3v) is 6.98. The molecule has 0 saturated carbocycles. The lowest BCUT2D eigenvalue weighted by molar-refractivity contribution is -0.115. The molecule has 2 amide bonds. The molecule has 0 aromatic heterocycles. The van der Waals surface area contributed by atoms with Crippen LogP contribution in [0.1, 0.15) is 46.6 Å². The zero-order valence-corrected chi connectivity index (χ0v) is 19.2. The zero-order chi connectivity index (χ0) is 22.9. The summed E-state index contributed by atoms with van der Waals surface area (Å²) in [6, 6.07) is 21.0. The van der Waals surface area contributed by atoms with Gasteiger partial charge in [-0.2, -0.15) is 0 Å². The minimum absolute atomic E-state index is 0.0806. The number of ether oxygens (including phenoxy) is 2. The molecule has 1 N–H and O–H groups in total. The molecule has 5 rings (SSSR count). The number of hydrogen-bond donors (Lipinski definition) is 1. The van der Waals surface area contributed by atoms with Crippen LogP contribution in [0.3, 0.4) is 0 Å². The van der Waals surface area contributed by atoms with Gasteiger partial charge >= 0.3 is 0 Å². The summed E-state index contributed by atoms with van der Waals surface area (Å²) >= 11 is 1.59. The molecular weight excluding hydrogens is 436 g/mol. The largest absolute Gasteiger partial charge is 0.454 e. The van der Waals surface area contributed by atoms with Gasteiger partial charge in [0.1, 0.15) is 5.37 Å². The van der Waals surface area contributed by atoms with Crippen molar-refractivity contribution in [1.82, 2.24) is 0 Å². The maximum atomic E-state index is 12.8. The first kappa shape index (κ1) is 21.4. The summed E-state index contributed by atoms with van der Waals surface area (Å²) in [6.45, 7) is 4.47. The highest BCUT2D eigenvalue weighted by Crippen LogP contribution is 2.42. The first-order valence-electron chi connectivity index (χ1n) is 10.8. The number of amides is 2. The van der Waals surface area contributed by atoms with E-state index in [1.807, 2.05) is 41.3 Å². The SMILES string of the molecule is CC(C)c1ccc(N2C(=O)CSC2c2cccc(NC(=O)c3ccc4c(c3)OCO4)c2)cc1. The van der Waals surface area contributed by atoms with E-state index in [2.05, 4.69) is 31.3 Å². The third-order valence-electron chi connectivity index (χ3n) is 5.77. The van der Waals surface area contributed by atoms with E-state index < -0.39 is 0 Å². The summed E-state index contributed by atoms with van der Waals surface area (Å²) in [5.41, 5.74) is 4.24. The van der Waals surface area contributed by atoms with Gasteiger partial charge in [0.05, 0.1) is 5.75 Å². The molecule has 6 nitrogen and oxygen atoms in total. The smallest absolute Gasteiger partial charge is 0.255 e. The molecule has 33 heavy (non-hydrogen) atoms. The van der Waals surface area contributed by atoms with Crippen LogP contribution in [0.25, 0.3) is 0 Å². The van der Waals surface area contributed by atoms with Crippen LogP contribution in [-0.2, 0) is 4.79 Å². The first-order valence-corrected chi connectivity index (χ1v) is 11.9. The molecule has 0 aliphatic carbocycles. The van der Waals surface area contributed by atoms with Crippen LogP contribution in [0.2, 0.25) is 0 Å². The lowest BCUT2D eigenvalue weighted by Crippen LogP contribution is -2.27. The minimum Gasteiger partial charge on any atom is -0.454 e. The van der Waals surface area contributed by atoms with Crippen LogP contribution in [0.15, 0.2) is 66.7 Å². The maximum absolute atomic E-state index is 12.8. The van der Waals surface area contributed by atoms with Crippen LogP contribution in [0.4, 0.5) is 11.4 Å². The van der Waals surface area contributed by atoms with E-state index in [1.165, 1.54) is 5.56 Å². The molecule has 3 aromatic carbocycles. The molecule has 2 aliphatic heterocycles. The molecule has 0 spiro atoms. The van der Waals surface area contributed by atoms with Gasteiger partial charge < -0.3 is 14.8 Å². The monoisotopic (exact) mass is 460 g/mol. The number of nitrogens with one attached hydrogen (secondary N) is 1. The van der Waals surface area contributed by atoms with Crippen molar-refractivity contribution in [2.75, 3.05) is 22.8 Å². The van der Waals surface area contributed by atoms with Gasteiger partial charge in [-0.25, -0.2) is 0 Å². The predicted octanol–water partition coefficient (Wildman–Crippen LogP) is 5.57. The summed E-state index contributed by atoms with van der Waals surface area (Å²) < 4.78 is 10.7. The normalized spacial score (nSPS) is 17.0. The second-order valence-corrected chi connectivity index (χ2v) is 9.39. The molecule has 1 unspecified atom stereocenters. The van der Waals surface area contributed by atoms with Gasteiger partial charge in [0.15, 0.2) is 11.5 Å². The number of carbonyl (C=O) groups excluding carboxylic acids is 2. The Balaban J connectivity index is 1.36. The van der Waals surface area contributed by atoms with Gasteiger partial charge in [-0.3, -0.25) is 14.5 Å². The van der Waals surface area contributed by atoms with Crippen molar-refractivity contribution in [3.05, 3.63) is 83.4 Å². The predicted molar refractivity (Wildman–Crippen MR) is 130 cm³/mol. The van der Waals surface area contributed by atoms with E-state index in [1.54, 1.807) is 30.0 Å². The zero-order valence-electron chi connectivity index (χ0n) is 18.4. The highest BCUT2D eigenvalue weighted by atomic mass is 32.2. The average molecular weight is 461 g/mol. The topological polar surface area (TPSA) is 67.9 Å². The van der Waals surface area contributed by atoms with Gasteiger partial charge in [0.2, 0.25) is 12.7 Å². The van der Waals surface area contributed by atoms with Crippen molar-refractivity contribution in [3.63, 3.8) is 0 Å². The number of thioether (sulfide) groups is 1. The van der Waals surface area contributed by atoms with Crippen molar-refractivity contribution in [3.8, 4) is 11.5 Å². The first-order chi connectivity index (χ1) is 16.0. The van der Waals surface area contributed by atoms with E-state index in [0.29, 0.717) is 34.4 Å². The van der Waals surface area contributed by atoms with Crippen molar-refractivity contribution in [2.45, 2.75) is 25.1 Å². The van der Waals surface area contributed by atoms with Crippen molar-refractivity contribution in [1.29, 1.82) is 0 Å². The van der Waals surface area contributed by atoms with Crippen molar-refractivity contribution in [2.24, 2.45) is 0 Å². The summed E-state index contributed by atoms with van der Waals surface area (Å²) in [7, 11) is 0. The van der Waals surface area contributed by atoms with Crippen molar-refractivity contribution < 1.29 is 19.1 Å². The fourth-order valence-corrected chi connectivity index (χ4v) is 5.15. The molecular formula is C26H24N2O4S. The van der Waals surface area contributed by atoms with E-state index in [9.17, 15) is 9.59 Å². The van der Waals surface area contributed by atoms with Gasteiger partial charge in [-0.1, -0.05) is 38.1 Å². The Morgan fingerprint density at radius 3 is 2.61 bits per heavy atom. The van der Waals surface area contributed by atoms with E-state index in [4.69, 9.17) is 9.47 Å². The maximum Gasteiger partial charge on any atom is 0.255 e. The quantitative estimate of drug-likeness (QED) is 0.539. The lowest BCUT2D eigenvalue weighted by atomic mass is 10.0. The number of fused-ring (bicyclic) bond motifs is 1. The lowest BCUT2D eigenvalue weighted by Gasteiger charge is -2.25. The summed E-state index contributed by atoms with van der Waals surface area (Å²) in [5.74, 6) is 1.90. The number of carbonyl (C=O) groups is 2. The van der Waals surface area contributed by atoms with Gasteiger partial charge in [-0.05, 0) is 59.5 Å². The Morgan fingerprint density at radius 2 is 1.82 bits per heavy atom. The van der Waals surface area contributed by atoms with E-state index in [-0.39, 0.29) is 24.0 Å². The number of anilines is 2. The second-order valence-electron chi connectivity index (χ2n) is 8.32. The Morgan fingerprint density at radius 1 is 1.03 bits per heavy atom. The Kier molecular flexibility index (Phi) is 5.72. The molecule has 2 aliphatic rings. The molecule has 2 heterocycles. The minimum atomic E-state index is -0.235. The van der Waals surface area contributed by atoms with E-state index in [0.717, 1.165) is 11.3 Å². The van der Waals surface area contributed by atoms with Crippen LogP contribution in [0.5, 0.6) is 11.5 Å². The fourth-order valence-electron chi connectivity index (χ4n) is 3.98. The number of hydrogen-bond acceptors (Lipinski definition) is 5.